The molecule has 1 fully saturated rings. The molecule has 3 heterocycles. The molecule has 31 heavy (non-hydrogen) atoms. The number of nitrogens with zero attached hydrogens (tertiary/aromatic N) is 4. The minimum absolute atomic E-state index is 0. The maximum Gasteiger partial charge on any atom is 0.387 e. The van der Waals surface area contributed by atoms with Gasteiger partial charge in [0.15, 0.2) is 5.65 Å². The van der Waals surface area contributed by atoms with Crippen molar-refractivity contribution >= 4 is 29.3 Å². The number of aromatic amines is 1. The fourth-order valence-corrected chi connectivity index (χ4v) is 3.55. The standard InChI is InChI=1S/C19H20F4N6O.ClH/c20-18(21)30-13-3-1-12(2-4-13)5-7-29-8-6-15(19(22,23)10-29)27-16-14-9-26-28-17(14)25-11-24-16;/h1-4,9,11,15,18H,5-8,10H2,(H2,24,25,26,27,28);1H/t15-;/m1./s1. The van der Waals surface area contributed by atoms with E-state index in [2.05, 4.69) is 30.2 Å². The van der Waals surface area contributed by atoms with Crippen LogP contribution in [-0.2, 0) is 6.42 Å². The average molecular weight is 461 g/mol. The third-order valence-electron chi connectivity index (χ3n) is 5.10. The molecule has 2 aromatic heterocycles. The van der Waals surface area contributed by atoms with Gasteiger partial charge in [-0.1, -0.05) is 12.1 Å². The van der Waals surface area contributed by atoms with Gasteiger partial charge in [-0.05, 0) is 30.5 Å². The number of ether oxygens (including phenoxy) is 1. The number of alkyl halides is 4. The van der Waals surface area contributed by atoms with Gasteiger partial charge in [-0.15, -0.1) is 12.4 Å². The summed E-state index contributed by atoms with van der Waals surface area (Å²) in [5, 5.41) is 9.97. The predicted molar refractivity (Wildman–Crippen MR) is 109 cm³/mol. The Morgan fingerprint density at radius 2 is 2.00 bits per heavy atom. The Morgan fingerprint density at radius 3 is 2.71 bits per heavy atom. The molecule has 1 aliphatic heterocycles. The van der Waals surface area contributed by atoms with E-state index in [0.717, 1.165) is 5.56 Å². The van der Waals surface area contributed by atoms with Gasteiger partial charge in [0, 0.05) is 13.1 Å². The van der Waals surface area contributed by atoms with Crippen molar-refractivity contribution in [3.05, 3.63) is 42.4 Å². The van der Waals surface area contributed by atoms with Crippen LogP contribution in [0.1, 0.15) is 12.0 Å². The van der Waals surface area contributed by atoms with Crippen molar-refractivity contribution in [1.82, 2.24) is 25.1 Å². The Labute approximate surface area is 181 Å². The maximum absolute atomic E-state index is 14.8. The van der Waals surface area contributed by atoms with Gasteiger partial charge in [-0.25, -0.2) is 18.7 Å². The third-order valence-corrected chi connectivity index (χ3v) is 5.10. The molecule has 1 atom stereocenters. The van der Waals surface area contributed by atoms with Crippen LogP contribution in [0.15, 0.2) is 36.8 Å². The summed E-state index contributed by atoms with van der Waals surface area (Å²) in [5.41, 5.74) is 1.35. The average Bonchev–Trinajstić information content (AvgIpc) is 3.18. The summed E-state index contributed by atoms with van der Waals surface area (Å²) in [6.45, 7) is -2.31. The van der Waals surface area contributed by atoms with Crippen LogP contribution < -0.4 is 10.1 Å². The molecule has 1 aliphatic rings. The van der Waals surface area contributed by atoms with Gasteiger partial charge >= 0.3 is 6.61 Å². The molecular formula is C19H21ClF4N6O. The van der Waals surface area contributed by atoms with Crippen molar-refractivity contribution in [3.8, 4) is 5.75 Å². The lowest BCUT2D eigenvalue weighted by atomic mass is 10.00. The second kappa shape index (κ2) is 9.65. The van der Waals surface area contributed by atoms with Crippen molar-refractivity contribution in [2.24, 2.45) is 0 Å². The number of hydrogen-bond donors (Lipinski definition) is 2. The van der Waals surface area contributed by atoms with E-state index in [4.69, 9.17) is 0 Å². The van der Waals surface area contributed by atoms with E-state index in [1.807, 2.05) is 0 Å². The van der Waals surface area contributed by atoms with Crippen molar-refractivity contribution in [3.63, 3.8) is 0 Å². The number of H-pyrrole nitrogens is 1. The number of benzene rings is 1. The molecule has 1 aromatic carbocycles. The lowest BCUT2D eigenvalue weighted by molar-refractivity contribution is -0.0734. The van der Waals surface area contributed by atoms with Gasteiger partial charge in [0.1, 0.15) is 17.9 Å². The van der Waals surface area contributed by atoms with Crippen LogP contribution in [0.2, 0.25) is 0 Å². The molecule has 0 spiro atoms. The number of aromatic nitrogens is 4. The highest BCUT2D eigenvalue weighted by atomic mass is 35.5. The highest BCUT2D eigenvalue weighted by molar-refractivity contribution is 5.86. The van der Waals surface area contributed by atoms with Crippen LogP contribution in [0.5, 0.6) is 5.75 Å². The van der Waals surface area contributed by atoms with Crippen molar-refractivity contribution in [2.75, 3.05) is 25.0 Å². The Morgan fingerprint density at radius 1 is 1.23 bits per heavy atom. The summed E-state index contributed by atoms with van der Waals surface area (Å²) in [4.78, 5) is 9.78. The first-order valence-electron chi connectivity index (χ1n) is 9.45. The third kappa shape index (κ3) is 5.53. The number of fused-ring (bicyclic) bond motifs is 1. The lowest BCUT2D eigenvalue weighted by Gasteiger charge is -2.38. The fraction of sp³-hybridized carbons (Fsp3) is 0.421. The van der Waals surface area contributed by atoms with E-state index in [0.29, 0.717) is 36.4 Å². The zero-order chi connectivity index (χ0) is 21.1. The van der Waals surface area contributed by atoms with E-state index in [1.54, 1.807) is 17.0 Å². The van der Waals surface area contributed by atoms with Gasteiger partial charge in [0.25, 0.3) is 5.92 Å². The number of likely N-dealkylation sites (tertiary alicyclic amines) is 1. The molecule has 0 radical (unpaired) electrons. The second-order valence-corrected chi connectivity index (χ2v) is 7.15. The number of halogens is 5. The van der Waals surface area contributed by atoms with E-state index in [9.17, 15) is 17.6 Å². The summed E-state index contributed by atoms with van der Waals surface area (Å²) in [6, 6.07) is 5.17. The van der Waals surface area contributed by atoms with Gasteiger partial charge in [-0.2, -0.15) is 13.9 Å². The molecule has 0 aliphatic carbocycles. The maximum atomic E-state index is 14.8. The minimum atomic E-state index is -2.95. The van der Waals surface area contributed by atoms with Crippen LogP contribution in [-0.4, -0.2) is 63.3 Å². The van der Waals surface area contributed by atoms with Crippen LogP contribution >= 0.6 is 12.4 Å². The number of rotatable bonds is 7. The number of anilines is 1. The number of nitrogens with one attached hydrogen (secondary N) is 2. The monoisotopic (exact) mass is 460 g/mol. The summed E-state index contributed by atoms with van der Waals surface area (Å²) in [5.74, 6) is -2.55. The SMILES string of the molecule is Cl.FC(F)Oc1ccc(CCN2CC[C@@H](Nc3ncnc4[nH]ncc34)C(F)(F)C2)cc1. The largest absolute Gasteiger partial charge is 0.435 e. The summed E-state index contributed by atoms with van der Waals surface area (Å²) < 4.78 is 58.2. The number of piperidine rings is 1. The van der Waals surface area contributed by atoms with Crippen molar-refractivity contribution in [2.45, 2.75) is 31.4 Å². The molecule has 12 heteroatoms. The van der Waals surface area contributed by atoms with E-state index < -0.39 is 18.6 Å². The minimum Gasteiger partial charge on any atom is -0.435 e. The van der Waals surface area contributed by atoms with Crippen LogP contribution in [0, 0.1) is 0 Å². The molecule has 2 N–H and O–H groups in total. The summed E-state index contributed by atoms with van der Waals surface area (Å²) >= 11 is 0. The molecule has 0 bridgehead atoms. The van der Waals surface area contributed by atoms with E-state index in [-0.39, 0.29) is 31.1 Å². The van der Waals surface area contributed by atoms with Gasteiger partial charge < -0.3 is 10.1 Å². The summed E-state index contributed by atoms with van der Waals surface area (Å²) in [6.07, 6.45) is 3.58. The molecule has 0 saturated carbocycles. The van der Waals surface area contributed by atoms with Crippen LogP contribution in [0.4, 0.5) is 23.4 Å². The smallest absolute Gasteiger partial charge is 0.387 e. The molecule has 4 rings (SSSR count). The van der Waals surface area contributed by atoms with Gasteiger partial charge in [-0.3, -0.25) is 10.00 Å². The Hall–Kier alpha value is -2.66. The Kier molecular flexibility index (Phi) is 7.16. The molecule has 0 amide bonds. The second-order valence-electron chi connectivity index (χ2n) is 7.15. The fourth-order valence-electron chi connectivity index (χ4n) is 3.55. The Bertz CT molecular complexity index is 987. The molecule has 3 aromatic rings. The molecule has 7 nitrogen and oxygen atoms in total. The topological polar surface area (TPSA) is 79.0 Å². The first kappa shape index (κ1) is 23.0. The normalized spacial score (nSPS) is 18.7. The molecule has 0 unspecified atom stereocenters. The highest BCUT2D eigenvalue weighted by Crippen LogP contribution is 2.31. The lowest BCUT2D eigenvalue weighted by Crippen LogP contribution is -2.54. The first-order chi connectivity index (χ1) is 14.4. The summed E-state index contributed by atoms with van der Waals surface area (Å²) in [7, 11) is 0. The van der Waals surface area contributed by atoms with Crippen molar-refractivity contribution in [1.29, 1.82) is 0 Å². The van der Waals surface area contributed by atoms with Gasteiger partial charge in [0.2, 0.25) is 0 Å². The van der Waals surface area contributed by atoms with Gasteiger partial charge in [0.05, 0.1) is 24.2 Å². The van der Waals surface area contributed by atoms with Crippen LogP contribution in [0.3, 0.4) is 0 Å². The first-order valence-corrected chi connectivity index (χ1v) is 9.45. The van der Waals surface area contributed by atoms with Crippen molar-refractivity contribution < 1.29 is 22.3 Å². The van der Waals surface area contributed by atoms with E-state index >= 15 is 0 Å². The predicted octanol–water partition coefficient (Wildman–Crippen LogP) is 3.74. The number of hydrogen-bond acceptors (Lipinski definition) is 6. The molecule has 168 valence electrons. The molecule has 1 saturated heterocycles. The Balaban J connectivity index is 0.00000272. The quantitative estimate of drug-likeness (QED) is 0.523. The highest BCUT2D eigenvalue weighted by Gasteiger charge is 2.44. The molecular weight excluding hydrogens is 440 g/mol. The van der Waals surface area contributed by atoms with E-state index in [1.165, 1.54) is 24.7 Å². The zero-order valence-electron chi connectivity index (χ0n) is 16.3. The zero-order valence-corrected chi connectivity index (χ0v) is 17.1. The van der Waals surface area contributed by atoms with Crippen LogP contribution in [0.25, 0.3) is 11.0 Å².